The van der Waals surface area contributed by atoms with Gasteiger partial charge in [0.2, 0.25) is 0 Å². The van der Waals surface area contributed by atoms with Crippen LogP contribution in [0.15, 0.2) is 16.9 Å². The third kappa shape index (κ3) is 3.25. The molecule has 2 unspecified atom stereocenters. The van der Waals surface area contributed by atoms with Crippen LogP contribution in [0.25, 0.3) is 0 Å². The van der Waals surface area contributed by atoms with Gasteiger partial charge in [0.1, 0.15) is 11.9 Å². The highest BCUT2D eigenvalue weighted by Crippen LogP contribution is 2.36. The van der Waals surface area contributed by atoms with Crippen LogP contribution in [0.2, 0.25) is 0 Å². The van der Waals surface area contributed by atoms with Crippen LogP contribution in [-0.2, 0) is 9.47 Å². The topological polar surface area (TPSA) is 77.7 Å². The smallest absolute Gasteiger partial charge is 0.311 e. The fraction of sp³-hybridized carbons (Fsp3) is 0.583. The molecule has 1 saturated heterocycles. The molecule has 0 bridgehead atoms. The van der Waals surface area contributed by atoms with E-state index in [9.17, 15) is 10.1 Å². The predicted octanol–water partition coefficient (Wildman–Crippen LogP) is 1.99. The van der Waals surface area contributed by atoms with Gasteiger partial charge in [-0.2, -0.15) is 0 Å². The van der Waals surface area contributed by atoms with Gasteiger partial charge in [0.15, 0.2) is 0 Å². The molecule has 0 spiro atoms. The fourth-order valence-corrected chi connectivity index (χ4v) is 2.94. The van der Waals surface area contributed by atoms with E-state index in [-0.39, 0.29) is 17.9 Å². The number of morpholine rings is 1. The van der Waals surface area contributed by atoms with Gasteiger partial charge in [-0.05, 0) is 22.9 Å². The van der Waals surface area contributed by atoms with E-state index in [0.29, 0.717) is 29.9 Å². The Morgan fingerprint density at radius 2 is 2.35 bits per heavy atom. The number of hydrogen-bond acceptors (Lipinski definition) is 6. The van der Waals surface area contributed by atoms with Crippen molar-refractivity contribution >= 4 is 27.3 Å². The summed E-state index contributed by atoms with van der Waals surface area (Å²) in [6.45, 7) is 3.53. The Morgan fingerprint density at radius 3 is 3.00 bits per heavy atom. The summed E-state index contributed by atoms with van der Waals surface area (Å²) in [4.78, 5) is 16.6. The molecular weight excluding hydrogens is 330 g/mol. The Kier molecular flexibility index (Phi) is 4.90. The maximum atomic E-state index is 11.2. The van der Waals surface area contributed by atoms with E-state index < -0.39 is 4.92 Å². The molecule has 2 rings (SSSR count). The first-order chi connectivity index (χ1) is 9.52. The summed E-state index contributed by atoms with van der Waals surface area (Å²) in [6, 6.07) is 0. The first kappa shape index (κ1) is 15.1. The standard InChI is InChI=1S/C12H16BrN3O4/c1-8-5-15(6-9(20-8)7-19-2)12-10(13)3-14-4-11(12)16(17)18/h3-4,8-9H,5-7H2,1-2H3. The maximum Gasteiger partial charge on any atom is 0.311 e. The van der Waals surface area contributed by atoms with Crippen molar-refractivity contribution in [1.82, 2.24) is 4.98 Å². The second-order valence-corrected chi connectivity index (χ2v) is 5.53. The van der Waals surface area contributed by atoms with E-state index in [1.165, 1.54) is 6.20 Å². The average molecular weight is 346 g/mol. The molecule has 0 radical (unpaired) electrons. The molecule has 110 valence electrons. The Hall–Kier alpha value is -1.25. The van der Waals surface area contributed by atoms with Crippen LogP contribution in [0, 0.1) is 10.1 Å². The van der Waals surface area contributed by atoms with Crippen molar-refractivity contribution in [2.45, 2.75) is 19.1 Å². The molecule has 0 saturated carbocycles. The fourth-order valence-electron chi connectivity index (χ4n) is 2.37. The van der Waals surface area contributed by atoms with Gasteiger partial charge >= 0.3 is 5.69 Å². The molecule has 1 aromatic heterocycles. The minimum atomic E-state index is -0.418. The summed E-state index contributed by atoms with van der Waals surface area (Å²) in [5.41, 5.74) is 0.533. The zero-order valence-electron chi connectivity index (χ0n) is 11.3. The minimum Gasteiger partial charge on any atom is -0.382 e. The second kappa shape index (κ2) is 6.47. The molecular formula is C12H16BrN3O4. The third-order valence-electron chi connectivity index (χ3n) is 3.05. The van der Waals surface area contributed by atoms with Crippen LogP contribution >= 0.6 is 15.9 Å². The maximum absolute atomic E-state index is 11.2. The summed E-state index contributed by atoms with van der Waals surface area (Å²) in [5, 5.41) is 11.2. The predicted molar refractivity (Wildman–Crippen MR) is 77.0 cm³/mol. The first-order valence-corrected chi connectivity index (χ1v) is 6.99. The van der Waals surface area contributed by atoms with Crippen LogP contribution in [0.5, 0.6) is 0 Å². The lowest BCUT2D eigenvalue weighted by atomic mass is 10.2. The number of methoxy groups -OCH3 is 1. The number of nitrogens with zero attached hydrogens (tertiary/aromatic N) is 3. The largest absolute Gasteiger partial charge is 0.382 e. The molecule has 0 N–H and O–H groups in total. The number of ether oxygens (including phenoxy) is 2. The van der Waals surface area contributed by atoms with Gasteiger partial charge in [-0.25, -0.2) is 0 Å². The molecule has 1 aliphatic rings. The van der Waals surface area contributed by atoms with Crippen molar-refractivity contribution < 1.29 is 14.4 Å². The quantitative estimate of drug-likeness (QED) is 0.613. The Balaban J connectivity index is 2.32. The third-order valence-corrected chi connectivity index (χ3v) is 3.63. The van der Waals surface area contributed by atoms with E-state index in [1.807, 2.05) is 11.8 Å². The summed E-state index contributed by atoms with van der Waals surface area (Å²) in [6.07, 6.45) is 2.70. The van der Waals surface area contributed by atoms with Crippen LogP contribution in [0.1, 0.15) is 6.92 Å². The number of pyridine rings is 1. The molecule has 20 heavy (non-hydrogen) atoms. The van der Waals surface area contributed by atoms with Crippen molar-refractivity contribution in [1.29, 1.82) is 0 Å². The zero-order chi connectivity index (χ0) is 14.7. The van der Waals surface area contributed by atoms with Gasteiger partial charge in [0.25, 0.3) is 0 Å². The molecule has 2 atom stereocenters. The van der Waals surface area contributed by atoms with E-state index in [0.717, 1.165) is 0 Å². The number of anilines is 1. The Labute approximate surface area is 125 Å². The van der Waals surface area contributed by atoms with Crippen LogP contribution < -0.4 is 4.90 Å². The van der Waals surface area contributed by atoms with Crippen LogP contribution in [0.3, 0.4) is 0 Å². The molecule has 0 amide bonds. The van der Waals surface area contributed by atoms with Crippen molar-refractivity contribution in [2.75, 3.05) is 31.7 Å². The lowest BCUT2D eigenvalue weighted by Gasteiger charge is -2.37. The number of halogens is 1. The van der Waals surface area contributed by atoms with Crippen LogP contribution in [0.4, 0.5) is 11.4 Å². The summed E-state index contributed by atoms with van der Waals surface area (Å²) >= 11 is 3.35. The summed E-state index contributed by atoms with van der Waals surface area (Å²) in [5.74, 6) is 0. The molecule has 1 aliphatic heterocycles. The molecule has 2 heterocycles. The highest BCUT2D eigenvalue weighted by Gasteiger charge is 2.31. The van der Waals surface area contributed by atoms with Crippen molar-refractivity contribution in [3.8, 4) is 0 Å². The Bertz CT molecular complexity index is 500. The average Bonchev–Trinajstić information content (AvgIpc) is 2.37. The lowest BCUT2D eigenvalue weighted by molar-refractivity contribution is -0.384. The number of aromatic nitrogens is 1. The Morgan fingerprint density at radius 1 is 1.60 bits per heavy atom. The van der Waals surface area contributed by atoms with Gasteiger partial charge in [-0.1, -0.05) is 0 Å². The van der Waals surface area contributed by atoms with Gasteiger partial charge in [-0.3, -0.25) is 15.1 Å². The summed E-state index contributed by atoms with van der Waals surface area (Å²) < 4.78 is 11.5. The molecule has 1 aromatic rings. The van der Waals surface area contributed by atoms with Gasteiger partial charge < -0.3 is 14.4 Å². The number of nitro groups is 1. The number of rotatable bonds is 4. The highest BCUT2D eigenvalue weighted by molar-refractivity contribution is 9.10. The molecule has 8 heteroatoms. The van der Waals surface area contributed by atoms with E-state index in [2.05, 4.69) is 20.9 Å². The normalized spacial score (nSPS) is 22.9. The van der Waals surface area contributed by atoms with Gasteiger partial charge in [0.05, 0.1) is 28.2 Å². The number of hydrogen-bond donors (Lipinski definition) is 0. The van der Waals surface area contributed by atoms with Crippen LogP contribution in [-0.4, -0.2) is 48.9 Å². The first-order valence-electron chi connectivity index (χ1n) is 6.20. The van der Waals surface area contributed by atoms with Crippen molar-refractivity contribution in [3.05, 3.63) is 27.0 Å². The van der Waals surface area contributed by atoms with Gasteiger partial charge in [0, 0.05) is 26.4 Å². The zero-order valence-corrected chi connectivity index (χ0v) is 12.9. The SMILES string of the molecule is COCC1CN(c2c(Br)cncc2[N+](=O)[O-])CC(C)O1. The summed E-state index contributed by atoms with van der Waals surface area (Å²) in [7, 11) is 1.61. The minimum absolute atomic E-state index is 0.00959. The van der Waals surface area contributed by atoms with Crippen molar-refractivity contribution in [2.24, 2.45) is 0 Å². The monoisotopic (exact) mass is 345 g/mol. The van der Waals surface area contributed by atoms with E-state index >= 15 is 0 Å². The van der Waals surface area contributed by atoms with E-state index in [1.54, 1.807) is 13.3 Å². The molecule has 0 aliphatic carbocycles. The lowest BCUT2D eigenvalue weighted by Crippen LogP contribution is -2.48. The van der Waals surface area contributed by atoms with Crippen molar-refractivity contribution in [3.63, 3.8) is 0 Å². The van der Waals surface area contributed by atoms with E-state index in [4.69, 9.17) is 9.47 Å². The van der Waals surface area contributed by atoms with Gasteiger partial charge in [-0.15, -0.1) is 0 Å². The molecule has 0 aromatic carbocycles. The second-order valence-electron chi connectivity index (χ2n) is 4.68. The highest BCUT2D eigenvalue weighted by atomic mass is 79.9. The molecule has 7 nitrogen and oxygen atoms in total. The molecule has 1 fully saturated rings.